The van der Waals surface area contributed by atoms with Gasteiger partial charge in [0.05, 0.1) is 85.5 Å². The van der Waals surface area contributed by atoms with Crippen LogP contribution >= 0.6 is 0 Å². The standard InChI is InChI=1S/C56H98O14/c1-22-29(8)50-57-36(15)43(22)64-51-30(9)23(2)45(38(17)58-51)66-53-32(11)25(4)47(40(19)60-53)68-55-34(13)27(6)49(42(21)62-55)70-56-35(14)28(7)48(41(20)63-56)69-54-33(12)26(5)46(39(18)61-54)67-52-31(10)24(3)44(65-50)37(16)59-52/h22-56H,1-21H3/t22-,23-,24?,25?,26?,27?,28?,29?,30?,31+,32+,33+,34+,35+,36?,37?,38?,39?,40?,41?,42?,43+,44+,45+,46+,47+,48+,49+,50-,51+,52+,53-,54-,55-,56-/m1/s1. The molecule has 35 atom stereocenters. The molecule has 0 aromatic carbocycles. The van der Waals surface area contributed by atoms with Crippen LogP contribution in [0, 0.1) is 82.9 Å². The SMILES string of the molecule is CC1O[C@@H]2O[C@@H]3C(C)O[C@H](O[C@@H]4C(C)O[C@H](O[C@@H]5C(C)O[C@@H](O[C@@H]6C(C)O[C@H](O[C@@H]7C(C)O[C@@H](O[C@@H]8C(C)O[C@H](O[C@H]1C(C)[C@@H]2C)[C@@H](C)C8C)[C@@H](C)C7C)C(C)[C@H]6C)C(C)[C@H]5C)[C@@H](C)C4C)[C@@H](C)C3C. The minimum atomic E-state index is -0.419. The summed E-state index contributed by atoms with van der Waals surface area (Å²) < 4.78 is 96.1. The molecule has 21 rings (SSSR count). The Morgan fingerprint density at radius 3 is 0.329 bits per heavy atom. The highest BCUT2D eigenvalue weighted by atomic mass is 16.8. The third-order valence-electron chi connectivity index (χ3n) is 20.2. The van der Waals surface area contributed by atoms with E-state index >= 15 is 0 Å². The van der Waals surface area contributed by atoms with Crippen LogP contribution in [0.4, 0.5) is 0 Å². The molecular weight excluding hydrogens is 897 g/mol. The fourth-order valence-corrected chi connectivity index (χ4v) is 13.5. The van der Waals surface area contributed by atoms with Crippen molar-refractivity contribution in [1.29, 1.82) is 0 Å². The minimum absolute atomic E-state index is 0.0576. The minimum Gasteiger partial charge on any atom is -0.347 e. The second kappa shape index (κ2) is 22.2. The maximum Gasteiger partial charge on any atom is 0.161 e. The number of rotatable bonds is 0. The summed E-state index contributed by atoms with van der Waals surface area (Å²) in [6, 6.07) is 0. The first-order valence-electron chi connectivity index (χ1n) is 28.1. The van der Waals surface area contributed by atoms with Gasteiger partial charge < -0.3 is 66.3 Å². The predicted octanol–water partition coefficient (Wildman–Crippen LogP) is 9.82. The molecule has 0 N–H and O–H groups in total. The van der Waals surface area contributed by atoms with Crippen LogP contribution in [0.3, 0.4) is 0 Å². The zero-order chi connectivity index (χ0) is 51.1. The third-order valence-corrected chi connectivity index (χ3v) is 20.2. The fourth-order valence-electron chi connectivity index (χ4n) is 13.5. The molecule has 0 spiro atoms. The van der Waals surface area contributed by atoms with Crippen LogP contribution in [0.1, 0.15) is 145 Å². The lowest BCUT2D eigenvalue weighted by Gasteiger charge is -2.51. The molecule has 406 valence electrons. The van der Waals surface area contributed by atoms with E-state index in [1.165, 1.54) is 0 Å². The molecule has 21 aliphatic rings. The Morgan fingerprint density at radius 1 is 0.129 bits per heavy atom. The monoisotopic (exact) mass is 995 g/mol. The van der Waals surface area contributed by atoms with Crippen molar-refractivity contribution in [2.24, 2.45) is 82.9 Å². The van der Waals surface area contributed by atoms with E-state index in [1.54, 1.807) is 0 Å². The number of hydrogen-bond donors (Lipinski definition) is 0. The van der Waals surface area contributed by atoms with E-state index < -0.39 is 44.0 Å². The highest BCUT2D eigenvalue weighted by Crippen LogP contribution is 2.46. The maximum absolute atomic E-state index is 6.97. The van der Waals surface area contributed by atoms with Crippen LogP contribution in [-0.4, -0.2) is 129 Å². The van der Waals surface area contributed by atoms with Gasteiger partial charge in [-0.05, 0) is 89.9 Å². The highest BCUT2D eigenvalue weighted by molar-refractivity contribution is 4.96. The molecule has 0 aromatic rings. The van der Waals surface area contributed by atoms with Gasteiger partial charge in [-0.3, -0.25) is 0 Å². The van der Waals surface area contributed by atoms with E-state index in [0.29, 0.717) is 0 Å². The van der Waals surface area contributed by atoms with E-state index in [1.807, 2.05) is 0 Å². The molecule has 21 heterocycles. The molecule has 14 bridgehead atoms. The average molecular weight is 995 g/mol. The van der Waals surface area contributed by atoms with Gasteiger partial charge in [-0.25, -0.2) is 0 Å². The Kier molecular flexibility index (Phi) is 17.6. The van der Waals surface area contributed by atoms with Crippen molar-refractivity contribution in [3.63, 3.8) is 0 Å². The van der Waals surface area contributed by atoms with Crippen molar-refractivity contribution in [2.75, 3.05) is 0 Å². The number of hydrogen-bond acceptors (Lipinski definition) is 14. The van der Waals surface area contributed by atoms with Gasteiger partial charge in [0.2, 0.25) is 0 Å². The largest absolute Gasteiger partial charge is 0.347 e. The molecule has 0 aromatic heterocycles. The van der Waals surface area contributed by atoms with Gasteiger partial charge in [0, 0.05) is 41.4 Å². The van der Waals surface area contributed by atoms with Crippen molar-refractivity contribution < 1.29 is 66.3 Å². The highest BCUT2D eigenvalue weighted by Gasteiger charge is 2.54. The quantitative estimate of drug-likeness (QED) is 0.228. The summed E-state index contributed by atoms with van der Waals surface area (Å²) in [5.41, 5.74) is 0. The third kappa shape index (κ3) is 10.6. The van der Waals surface area contributed by atoms with Crippen molar-refractivity contribution in [3.05, 3.63) is 0 Å². The van der Waals surface area contributed by atoms with Gasteiger partial charge in [0.25, 0.3) is 0 Å². The zero-order valence-electron chi connectivity index (χ0n) is 46.9. The number of ether oxygens (including phenoxy) is 14. The van der Waals surface area contributed by atoms with Crippen LogP contribution in [0.25, 0.3) is 0 Å². The first kappa shape index (κ1) is 55.7. The summed E-state index contributed by atoms with van der Waals surface area (Å²) >= 11 is 0. The van der Waals surface area contributed by atoms with Crippen LogP contribution < -0.4 is 0 Å². The summed E-state index contributed by atoms with van der Waals surface area (Å²) in [6.07, 6.45) is -5.78. The van der Waals surface area contributed by atoms with E-state index in [-0.39, 0.29) is 168 Å². The topological polar surface area (TPSA) is 129 Å². The molecule has 14 unspecified atom stereocenters. The van der Waals surface area contributed by atoms with Gasteiger partial charge in [0.15, 0.2) is 44.0 Å². The van der Waals surface area contributed by atoms with Crippen molar-refractivity contribution >= 4 is 0 Å². The molecule has 14 heteroatoms. The van der Waals surface area contributed by atoms with E-state index in [4.69, 9.17) is 66.3 Å². The van der Waals surface area contributed by atoms with Crippen LogP contribution in [0.5, 0.6) is 0 Å². The normalized spacial score (nSPS) is 59.7. The van der Waals surface area contributed by atoms with E-state index in [0.717, 1.165) is 0 Å². The van der Waals surface area contributed by atoms with Gasteiger partial charge in [0.1, 0.15) is 0 Å². The molecule has 70 heavy (non-hydrogen) atoms. The van der Waals surface area contributed by atoms with Crippen molar-refractivity contribution in [1.82, 2.24) is 0 Å². The summed E-state index contributed by atoms with van der Waals surface area (Å²) in [4.78, 5) is 0. The average Bonchev–Trinajstić information content (AvgIpc) is 3.31. The molecular formula is C56H98O14. The summed E-state index contributed by atoms with van der Waals surface area (Å²) in [5.74, 6) is 1.37. The molecule has 0 saturated carbocycles. The first-order valence-corrected chi connectivity index (χ1v) is 28.1. The van der Waals surface area contributed by atoms with Crippen LogP contribution in [0.15, 0.2) is 0 Å². The summed E-state index contributed by atoms with van der Waals surface area (Å²) in [6.45, 7) is 46.0. The predicted molar refractivity (Wildman–Crippen MR) is 263 cm³/mol. The van der Waals surface area contributed by atoms with Gasteiger partial charge >= 0.3 is 0 Å². The first-order chi connectivity index (χ1) is 32.9. The van der Waals surface area contributed by atoms with Gasteiger partial charge in [-0.2, -0.15) is 0 Å². The van der Waals surface area contributed by atoms with E-state index in [2.05, 4.69) is 145 Å². The molecule has 21 saturated heterocycles. The van der Waals surface area contributed by atoms with E-state index in [9.17, 15) is 0 Å². The lowest BCUT2D eigenvalue weighted by molar-refractivity contribution is -0.364. The Labute approximate surface area is 422 Å². The lowest BCUT2D eigenvalue weighted by atomic mass is 9.81. The molecule has 0 radical (unpaired) electrons. The van der Waals surface area contributed by atoms with Gasteiger partial charge in [-0.1, -0.05) is 96.9 Å². The fraction of sp³-hybridized carbons (Fsp3) is 1.00. The molecule has 0 amide bonds. The van der Waals surface area contributed by atoms with Crippen LogP contribution in [0.2, 0.25) is 0 Å². The molecule has 21 fully saturated rings. The summed E-state index contributed by atoms with van der Waals surface area (Å²) in [5, 5.41) is 0. The second-order valence-electron chi connectivity index (χ2n) is 24.7. The van der Waals surface area contributed by atoms with Crippen molar-refractivity contribution in [2.45, 2.75) is 275 Å². The zero-order valence-corrected chi connectivity index (χ0v) is 46.9. The smallest absolute Gasteiger partial charge is 0.161 e. The Morgan fingerprint density at radius 2 is 0.229 bits per heavy atom. The lowest BCUT2D eigenvalue weighted by Crippen LogP contribution is -2.59. The van der Waals surface area contributed by atoms with Crippen molar-refractivity contribution in [3.8, 4) is 0 Å². The second-order valence-corrected chi connectivity index (χ2v) is 24.7. The molecule has 14 nitrogen and oxygen atoms in total. The van der Waals surface area contributed by atoms with Gasteiger partial charge in [-0.15, -0.1) is 0 Å². The molecule has 21 aliphatic heterocycles. The molecule has 0 aliphatic carbocycles. The Hall–Kier alpha value is -0.560. The summed E-state index contributed by atoms with van der Waals surface area (Å²) in [7, 11) is 0. The maximum atomic E-state index is 6.97. The Balaban J connectivity index is 1.02. The Bertz CT molecular complexity index is 1360. The van der Waals surface area contributed by atoms with Crippen LogP contribution in [-0.2, 0) is 66.3 Å².